The molecule has 13 nitrogen and oxygen atoms in total. The lowest BCUT2D eigenvalue weighted by molar-refractivity contribution is -0.139. The number of aliphatic carboxylic acids is 1. The molecule has 0 aromatic heterocycles. The van der Waals surface area contributed by atoms with Crippen LogP contribution < -0.4 is 33.3 Å². The van der Waals surface area contributed by atoms with Crippen molar-refractivity contribution in [3.05, 3.63) is 12.3 Å². The summed E-state index contributed by atoms with van der Waals surface area (Å²) in [6, 6.07) is -1.69. The fraction of sp³-hybridized carbons (Fsp3) is 0.611. The highest BCUT2D eigenvalue weighted by molar-refractivity contribution is 5.91. The van der Waals surface area contributed by atoms with E-state index in [1.165, 1.54) is 6.92 Å². The molecule has 0 rings (SSSR count). The molecule has 0 aromatic rings. The van der Waals surface area contributed by atoms with E-state index in [1.807, 2.05) is 0 Å². The number of carbonyl (C=O) groups is 4. The van der Waals surface area contributed by atoms with Crippen LogP contribution in [0.4, 0.5) is 0 Å². The van der Waals surface area contributed by atoms with Gasteiger partial charge in [-0.05, 0) is 19.8 Å². The lowest BCUT2D eigenvalue weighted by Crippen LogP contribution is -2.47. The Hall–Kier alpha value is -3.19. The quantitative estimate of drug-likeness (QED) is 0.0584. The molecule has 0 aromatic carbocycles. The Balaban J connectivity index is 4.93. The van der Waals surface area contributed by atoms with Gasteiger partial charge >= 0.3 is 5.97 Å². The standard InChI is InChI=1S/C18H33N7O6/c1-10(9-31-21)17(30)25-13(5-4-6-22-18(19)20)11(2)23-8-15(27)24-14(12(3)26)7-16(28)29/h10,13-14,23H,2,4-9,21H2,1,3H3,(H,24,27)(H,25,30)(H,28,29)(H4,19,20,22). The van der Waals surface area contributed by atoms with E-state index in [2.05, 4.69) is 32.4 Å². The van der Waals surface area contributed by atoms with Gasteiger partial charge in [0.15, 0.2) is 11.7 Å². The van der Waals surface area contributed by atoms with E-state index in [-0.39, 0.29) is 25.0 Å². The first-order valence-corrected chi connectivity index (χ1v) is 9.59. The second-order valence-corrected chi connectivity index (χ2v) is 6.95. The van der Waals surface area contributed by atoms with Crippen LogP contribution in [0, 0.1) is 5.92 Å². The Morgan fingerprint density at radius 2 is 1.81 bits per heavy atom. The van der Waals surface area contributed by atoms with Crippen molar-refractivity contribution in [1.82, 2.24) is 16.0 Å². The molecule has 13 heteroatoms. The molecule has 0 heterocycles. The number of amides is 2. The van der Waals surface area contributed by atoms with Crippen molar-refractivity contribution in [2.24, 2.45) is 28.3 Å². The molecular weight excluding hydrogens is 410 g/mol. The van der Waals surface area contributed by atoms with Crippen molar-refractivity contribution in [2.45, 2.75) is 45.2 Å². The van der Waals surface area contributed by atoms with Gasteiger partial charge in [0.2, 0.25) is 11.8 Å². The summed E-state index contributed by atoms with van der Waals surface area (Å²) in [5, 5.41) is 16.7. The number of nitrogens with one attached hydrogen (secondary N) is 3. The number of hydrogen-bond acceptors (Lipinski definition) is 8. The zero-order valence-electron chi connectivity index (χ0n) is 17.8. The van der Waals surface area contributed by atoms with Gasteiger partial charge in [0.25, 0.3) is 0 Å². The van der Waals surface area contributed by atoms with Gasteiger partial charge in [0.05, 0.1) is 37.6 Å². The van der Waals surface area contributed by atoms with Crippen molar-refractivity contribution in [3.63, 3.8) is 0 Å². The molecule has 0 aliphatic rings. The van der Waals surface area contributed by atoms with Crippen LogP contribution in [0.5, 0.6) is 0 Å². The Bertz CT molecular complexity index is 678. The number of Topliss-reactive ketones (excluding diaryl/α,β-unsaturated/α-hetero) is 1. The van der Waals surface area contributed by atoms with Crippen LogP contribution >= 0.6 is 0 Å². The summed E-state index contributed by atoms with van der Waals surface area (Å²) in [6.45, 7) is 6.75. The average Bonchev–Trinajstić information content (AvgIpc) is 2.67. The summed E-state index contributed by atoms with van der Waals surface area (Å²) in [5.41, 5.74) is 10.9. The first-order valence-electron chi connectivity index (χ1n) is 9.59. The maximum Gasteiger partial charge on any atom is 0.305 e. The lowest BCUT2D eigenvalue weighted by Gasteiger charge is -2.24. The number of carboxylic acids is 1. The monoisotopic (exact) mass is 443 g/mol. The number of carboxylic acid groups (broad SMARTS) is 1. The van der Waals surface area contributed by atoms with Crippen molar-refractivity contribution >= 4 is 29.5 Å². The number of nitrogens with two attached hydrogens (primary N) is 3. The summed E-state index contributed by atoms with van der Waals surface area (Å²) < 4.78 is 0. The largest absolute Gasteiger partial charge is 0.481 e. The predicted molar refractivity (Wildman–Crippen MR) is 113 cm³/mol. The zero-order valence-corrected chi connectivity index (χ0v) is 17.8. The summed E-state index contributed by atoms with van der Waals surface area (Å²) in [6.07, 6.45) is 0.413. The molecule has 176 valence electrons. The number of carbonyl (C=O) groups excluding carboxylic acids is 3. The highest BCUT2D eigenvalue weighted by Gasteiger charge is 2.22. The molecule has 0 fully saturated rings. The van der Waals surface area contributed by atoms with E-state index in [9.17, 15) is 19.2 Å². The molecule has 0 aliphatic carbocycles. The van der Waals surface area contributed by atoms with Crippen LogP contribution in [0.2, 0.25) is 0 Å². The molecule has 2 amide bonds. The van der Waals surface area contributed by atoms with Gasteiger partial charge in [-0.25, -0.2) is 5.90 Å². The Kier molecular flexibility index (Phi) is 13.2. The van der Waals surface area contributed by atoms with Crippen LogP contribution in [0.1, 0.15) is 33.1 Å². The fourth-order valence-electron chi connectivity index (χ4n) is 2.40. The van der Waals surface area contributed by atoms with Gasteiger partial charge in [0.1, 0.15) is 0 Å². The molecule has 3 atom stereocenters. The van der Waals surface area contributed by atoms with E-state index in [0.717, 1.165) is 0 Å². The molecule has 0 aliphatic heterocycles. The highest BCUT2D eigenvalue weighted by atomic mass is 16.6. The van der Waals surface area contributed by atoms with Gasteiger partial charge in [-0.2, -0.15) is 0 Å². The number of ketones is 1. The van der Waals surface area contributed by atoms with Crippen molar-refractivity contribution < 1.29 is 29.1 Å². The number of nitrogens with zero attached hydrogens (tertiary/aromatic N) is 1. The molecule has 31 heavy (non-hydrogen) atoms. The minimum Gasteiger partial charge on any atom is -0.481 e. The van der Waals surface area contributed by atoms with Crippen molar-refractivity contribution in [3.8, 4) is 0 Å². The van der Waals surface area contributed by atoms with Crippen LogP contribution in [0.25, 0.3) is 0 Å². The van der Waals surface area contributed by atoms with Crippen LogP contribution in [-0.2, 0) is 24.0 Å². The number of hydrogen-bond donors (Lipinski definition) is 7. The summed E-state index contributed by atoms with van der Waals surface area (Å²) in [7, 11) is 0. The number of aliphatic imine (C=N–C) groups is 1. The molecule has 0 bridgehead atoms. The van der Waals surface area contributed by atoms with E-state index in [1.54, 1.807) is 6.92 Å². The number of guanidine groups is 1. The van der Waals surface area contributed by atoms with Gasteiger partial charge in [-0.1, -0.05) is 13.5 Å². The van der Waals surface area contributed by atoms with Gasteiger partial charge in [-0.3, -0.25) is 24.2 Å². The normalized spacial score (nSPS) is 13.3. The third kappa shape index (κ3) is 12.9. The predicted octanol–water partition coefficient (Wildman–Crippen LogP) is -2.30. The van der Waals surface area contributed by atoms with Crippen molar-refractivity contribution in [2.75, 3.05) is 19.7 Å². The van der Waals surface area contributed by atoms with Crippen LogP contribution in [-0.4, -0.2) is 66.4 Å². The molecule has 3 unspecified atom stereocenters. The van der Waals surface area contributed by atoms with Gasteiger partial charge in [-0.15, -0.1) is 0 Å². The molecule has 0 spiro atoms. The molecule has 0 radical (unpaired) electrons. The van der Waals surface area contributed by atoms with Crippen LogP contribution in [0.15, 0.2) is 17.3 Å². The summed E-state index contributed by atoms with van der Waals surface area (Å²) in [5.74, 6) is 1.81. The molecule has 0 saturated carbocycles. The first-order chi connectivity index (χ1) is 14.5. The average molecular weight is 444 g/mol. The van der Waals surface area contributed by atoms with E-state index in [4.69, 9.17) is 22.5 Å². The van der Waals surface area contributed by atoms with E-state index >= 15 is 0 Å². The Labute approximate surface area is 180 Å². The Morgan fingerprint density at radius 1 is 1.16 bits per heavy atom. The minimum atomic E-state index is -1.21. The highest BCUT2D eigenvalue weighted by Crippen LogP contribution is 2.07. The molecular formula is C18H33N7O6. The van der Waals surface area contributed by atoms with E-state index < -0.39 is 42.1 Å². The Morgan fingerprint density at radius 3 is 2.32 bits per heavy atom. The zero-order chi connectivity index (χ0) is 24.0. The van der Waals surface area contributed by atoms with Gasteiger partial charge in [0, 0.05) is 12.2 Å². The molecule has 0 saturated heterocycles. The topological polar surface area (TPSA) is 224 Å². The third-order valence-electron chi connectivity index (χ3n) is 4.16. The SMILES string of the molecule is C=C(NCC(=O)NC(CC(=O)O)C(C)=O)C(CCCN=C(N)N)NC(=O)C(C)CON. The second-order valence-electron chi connectivity index (χ2n) is 6.95. The first kappa shape index (κ1) is 27.8. The maximum atomic E-state index is 12.3. The third-order valence-corrected chi connectivity index (χ3v) is 4.16. The molecule has 10 N–H and O–H groups in total. The minimum absolute atomic E-state index is 0.0187. The lowest BCUT2D eigenvalue weighted by atomic mass is 10.1. The summed E-state index contributed by atoms with van der Waals surface area (Å²) in [4.78, 5) is 55.0. The number of rotatable bonds is 16. The maximum absolute atomic E-state index is 12.3. The van der Waals surface area contributed by atoms with Crippen molar-refractivity contribution in [1.29, 1.82) is 0 Å². The second kappa shape index (κ2) is 14.7. The summed E-state index contributed by atoms with van der Waals surface area (Å²) >= 11 is 0. The fourth-order valence-corrected chi connectivity index (χ4v) is 2.40. The van der Waals surface area contributed by atoms with Crippen LogP contribution in [0.3, 0.4) is 0 Å². The van der Waals surface area contributed by atoms with E-state index in [0.29, 0.717) is 25.1 Å². The van der Waals surface area contributed by atoms with Gasteiger partial charge < -0.3 is 37.4 Å². The smallest absolute Gasteiger partial charge is 0.305 e.